The standard InChI is InChI=1S/C23H19FN2O2.C21H15FN2O2.C20H20OP.ClH/c1-28-15-18-8-10-22-25-21-14-17(6-5-16-3-2-4-19(24)13-16)7-9-20(21)23(27)26(22)12-11-18;22-16-3-1-2-14(12-16)4-5-15-6-8-18-19(13-15)23-20-9-7-17(25)10-11-24(20)21(18)26;1-21-17-22(18-11-5-2-6-12-18,19-13-7-3-8-14-19)20-15-9-4-10-16-20;/h2-4,7,9,13-15H,8,10-12H2,1H3;1-3,6,8,12-13H,7,9-11H2;2-16H,17H2,1H3;1H/q;;+1;/p-1/b18-15-;;;. The SMILES string of the molecule is CO/C=C1/CCc2nc3cc(C#Cc4cccc(F)c4)ccc3c(=O)n2CC1.COC[P+](c1ccccc1)(c1ccccc1)c1ccccc1.O=C1CCc2nc3cc(C#Cc4cccc(F)c4)ccc3c(=O)n2CC1.[Cl-]. The molecule has 0 aliphatic carbocycles. The number of hydrogen-bond acceptors (Lipinski definition) is 7. The number of methoxy groups -OCH3 is 2. The van der Waals surface area contributed by atoms with E-state index in [1.54, 1.807) is 84.2 Å². The van der Waals surface area contributed by atoms with Crippen molar-refractivity contribution < 1.29 is 35.5 Å². The average Bonchev–Trinajstić information content (AvgIpc) is 3.80. The topological polar surface area (TPSA) is 105 Å². The number of halogens is 3. The lowest BCUT2D eigenvalue weighted by Crippen LogP contribution is -3.00. The van der Waals surface area contributed by atoms with Gasteiger partial charge in [-0.15, -0.1) is 0 Å². The summed E-state index contributed by atoms with van der Waals surface area (Å²) < 4.78 is 40.7. The molecule has 2 aliphatic heterocycles. The Labute approximate surface area is 453 Å². The van der Waals surface area contributed by atoms with E-state index in [0.717, 1.165) is 24.2 Å². The third-order valence-corrected chi connectivity index (χ3v) is 17.4. The summed E-state index contributed by atoms with van der Waals surface area (Å²) in [5, 5.41) is 5.16. The zero-order valence-corrected chi connectivity index (χ0v) is 44.2. The molecule has 0 bridgehead atoms. The Morgan fingerprint density at radius 2 is 0.935 bits per heavy atom. The molecule has 0 fully saturated rings. The van der Waals surface area contributed by atoms with Gasteiger partial charge in [0.25, 0.3) is 11.1 Å². The maximum Gasteiger partial charge on any atom is 0.261 e. The Morgan fingerprint density at radius 1 is 0.506 bits per heavy atom. The van der Waals surface area contributed by atoms with Crippen LogP contribution in [-0.2, 0) is 40.2 Å². The normalized spacial score (nSPS) is 13.2. The van der Waals surface area contributed by atoms with Crippen molar-refractivity contribution in [3.63, 3.8) is 0 Å². The second kappa shape index (κ2) is 26.0. The summed E-state index contributed by atoms with van der Waals surface area (Å²) in [4.78, 5) is 46.6. The fourth-order valence-electron chi connectivity index (χ4n) is 9.42. The minimum Gasteiger partial charge on any atom is -1.00 e. The predicted octanol–water partition coefficient (Wildman–Crippen LogP) is 7.23. The highest BCUT2D eigenvalue weighted by atomic mass is 35.5. The maximum atomic E-state index is 13.3. The van der Waals surface area contributed by atoms with E-state index in [1.165, 1.54) is 45.8 Å². The van der Waals surface area contributed by atoms with Gasteiger partial charge in [-0.05, 0) is 128 Å². The van der Waals surface area contributed by atoms with E-state index in [-0.39, 0.29) is 40.9 Å². The Hall–Kier alpha value is -8.31. The summed E-state index contributed by atoms with van der Waals surface area (Å²) in [5.41, 5.74) is 4.87. The van der Waals surface area contributed by atoms with E-state index in [9.17, 15) is 23.2 Å². The number of Topliss-reactive ketones (excluding diaryl/α,β-unsaturated/α-hetero) is 1. The largest absolute Gasteiger partial charge is 1.00 e. The van der Waals surface area contributed by atoms with Crippen LogP contribution in [0.1, 0.15) is 59.6 Å². The van der Waals surface area contributed by atoms with Gasteiger partial charge < -0.3 is 21.9 Å². The molecule has 0 N–H and O–H groups in total. The second-order valence-corrected chi connectivity index (χ2v) is 21.7. The summed E-state index contributed by atoms with van der Waals surface area (Å²) in [6.07, 6.45) is 6.04. The number of ether oxygens (including phenoxy) is 2. The van der Waals surface area contributed by atoms with Crippen molar-refractivity contribution in [2.75, 3.05) is 20.6 Å². The van der Waals surface area contributed by atoms with E-state index in [1.807, 2.05) is 6.07 Å². The third-order valence-electron chi connectivity index (χ3n) is 13.2. The first-order valence-corrected chi connectivity index (χ1v) is 27.0. The number of aryl methyl sites for hydroxylation is 2. The number of allylic oxidation sites excluding steroid dienone is 1. The van der Waals surface area contributed by atoms with Crippen LogP contribution < -0.4 is 39.4 Å². The van der Waals surface area contributed by atoms with E-state index in [4.69, 9.17) is 14.5 Å². The Kier molecular flexibility index (Phi) is 18.5. The van der Waals surface area contributed by atoms with Crippen LogP contribution in [0.3, 0.4) is 0 Å². The Bertz CT molecular complexity index is 3750. The lowest BCUT2D eigenvalue weighted by atomic mass is 10.1. The predicted molar refractivity (Wildman–Crippen MR) is 300 cm³/mol. The first kappa shape index (κ1) is 54.9. The van der Waals surface area contributed by atoms with E-state index in [0.29, 0.717) is 89.4 Å². The third kappa shape index (κ3) is 13.2. The van der Waals surface area contributed by atoms with E-state index < -0.39 is 7.26 Å². The Morgan fingerprint density at radius 3 is 1.36 bits per heavy atom. The van der Waals surface area contributed by atoms with Gasteiger partial charge >= 0.3 is 0 Å². The molecule has 2 aromatic heterocycles. The molecule has 9 aromatic rings. The highest BCUT2D eigenvalue weighted by Crippen LogP contribution is 2.55. The highest BCUT2D eigenvalue weighted by Gasteiger charge is 2.45. The molecule has 0 unspecified atom stereocenters. The van der Waals surface area contributed by atoms with Crippen molar-refractivity contribution in [2.24, 2.45) is 0 Å². The molecule has 0 radical (unpaired) electrons. The number of hydrogen-bond donors (Lipinski definition) is 0. The molecule has 2 aliphatic rings. The van der Waals surface area contributed by atoms with Gasteiger partial charge in [-0.1, -0.05) is 90.4 Å². The fraction of sp³-hybridized carbons (Fsp3) is 0.172. The van der Waals surface area contributed by atoms with Gasteiger partial charge in [-0.3, -0.25) is 23.5 Å². The Balaban J connectivity index is 0.000000153. The van der Waals surface area contributed by atoms with Gasteiger partial charge in [0, 0.05) is 68.1 Å². The molecule has 0 saturated carbocycles. The number of nitrogens with zero attached hydrogens (tertiary/aromatic N) is 4. The van der Waals surface area contributed by atoms with Crippen LogP contribution in [0.15, 0.2) is 197 Å². The minimum atomic E-state index is -1.78. The summed E-state index contributed by atoms with van der Waals surface area (Å²) in [6, 6.07) is 55.2. The van der Waals surface area contributed by atoms with E-state index in [2.05, 4.69) is 120 Å². The van der Waals surface area contributed by atoms with E-state index >= 15 is 0 Å². The molecule has 4 heterocycles. The first-order valence-electron chi connectivity index (χ1n) is 25.0. The van der Waals surface area contributed by atoms with Crippen LogP contribution in [0.2, 0.25) is 0 Å². The molecular formula is C64H54ClF2N4O5P. The summed E-state index contributed by atoms with van der Waals surface area (Å²) in [6.45, 7) is 0.991. The average molecular weight is 1060 g/mol. The van der Waals surface area contributed by atoms with Crippen LogP contribution in [0.4, 0.5) is 8.78 Å². The van der Waals surface area contributed by atoms with Crippen molar-refractivity contribution in [2.45, 2.75) is 51.6 Å². The molecule has 0 saturated heterocycles. The molecule has 13 heteroatoms. The smallest absolute Gasteiger partial charge is 0.261 e. The van der Waals surface area contributed by atoms with Crippen LogP contribution in [0, 0.1) is 35.3 Å². The van der Waals surface area contributed by atoms with Crippen molar-refractivity contribution >= 4 is 50.8 Å². The molecular weight excluding hydrogens is 1010 g/mol. The fourth-order valence-corrected chi connectivity index (χ4v) is 13.2. The van der Waals surface area contributed by atoms with Gasteiger partial charge in [0.05, 0.1) is 35.2 Å². The van der Waals surface area contributed by atoms with Gasteiger partial charge in [0.1, 0.15) is 52.2 Å². The molecule has 9 nitrogen and oxygen atoms in total. The van der Waals surface area contributed by atoms with Crippen LogP contribution >= 0.6 is 7.26 Å². The zero-order valence-electron chi connectivity index (χ0n) is 42.6. The quantitative estimate of drug-likeness (QED) is 0.0984. The molecule has 77 heavy (non-hydrogen) atoms. The molecule has 386 valence electrons. The lowest BCUT2D eigenvalue weighted by Gasteiger charge is -2.26. The number of aromatic nitrogens is 4. The van der Waals surface area contributed by atoms with Crippen molar-refractivity contribution in [3.8, 4) is 23.7 Å². The summed E-state index contributed by atoms with van der Waals surface area (Å²) in [5.74, 6) is 12.8. The number of rotatable bonds is 6. The maximum absolute atomic E-state index is 13.3. The lowest BCUT2D eigenvalue weighted by molar-refractivity contribution is -0.119. The molecule has 11 rings (SSSR count). The van der Waals surface area contributed by atoms with Crippen molar-refractivity contribution in [1.82, 2.24) is 19.1 Å². The molecule has 0 amide bonds. The van der Waals surface area contributed by atoms with Gasteiger partial charge in [0.15, 0.2) is 6.35 Å². The number of carbonyl (C=O) groups excluding carboxylic acids is 1. The number of benzene rings is 7. The van der Waals surface area contributed by atoms with Gasteiger partial charge in [-0.25, -0.2) is 18.7 Å². The molecule has 0 spiro atoms. The van der Waals surface area contributed by atoms with Crippen molar-refractivity contribution in [3.05, 3.63) is 254 Å². The number of fused-ring (bicyclic) bond motifs is 4. The summed E-state index contributed by atoms with van der Waals surface area (Å²) in [7, 11) is 1.65. The van der Waals surface area contributed by atoms with Crippen LogP contribution in [0.5, 0.6) is 0 Å². The monoisotopic (exact) mass is 1060 g/mol. The molecule has 0 atom stereocenters. The van der Waals surface area contributed by atoms with Crippen LogP contribution in [-0.4, -0.2) is 45.5 Å². The molecule has 7 aromatic carbocycles. The number of ketones is 1. The minimum absolute atomic E-state index is 0. The second-order valence-electron chi connectivity index (χ2n) is 18.2. The summed E-state index contributed by atoms with van der Waals surface area (Å²) >= 11 is 0. The van der Waals surface area contributed by atoms with Gasteiger partial charge in [0.2, 0.25) is 0 Å². The number of carbonyl (C=O) groups is 1. The van der Waals surface area contributed by atoms with Crippen molar-refractivity contribution in [1.29, 1.82) is 0 Å². The first-order chi connectivity index (χ1) is 37.1. The van der Waals surface area contributed by atoms with Gasteiger partial charge in [-0.2, -0.15) is 0 Å². The highest BCUT2D eigenvalue weighted by molar-refractivity contribution is 7.95. The zero-order chi connectivity index (χ0) is 52.9. The van der Waals surface area contributed by atoms with Crippen LogP contribution in [0.25, 0.3) is 21.8 Å².